The monoisotopic (exact) mass is 545 g/mol. The second-order valence-electron chi connectivity index (χ2n) is 6.34. The highest BCUT2D eigenvalue weighted by atomic mass is 127. The lowest BCUT2D eigenvalue weighted by Crippen LogP contribution is -2.43. The number of carboxylic acids is 1. The van der Waals surface area contributed by atoms with Gasteiger partial charge in [0.05, 0.1) is 17.5 Å². The van der Waals surface area contributed by atoms with Crippen molar-refractivity contribution in [2.75, 3.05) is 0 Å². The molecule has 0 radical (unpaired) electrons. The molecule has 0 aliphatic heterocycles. The van der Waals surface area contributed by atoms with Gasteiger partial charge in [-0.1, -0.05) is 18.2 Å². The molecule has 2 rings (SSSR count). The molecule has 30 heavy (non-hydrogen) atoms. The molecule has 0 heterocycles. The van der Waals surface area contributed by atoms with Crippen LogP contribution in [0, 0.1) is 3.57 Å². The van der Waals surface area contributed by atoms with Gasteiger partial charge in [0.2, 0.25) is 5.91 Å². The lowest BCUT2D eigenvalue weighted by molar-refractivity contribution is -0.143. The topological polar surface area (TPSA) is 66.4 Å². The molecule has 0 unspecified atom stereocenters. The molecule has 4 nitrogen and oxygen atoms in total. The molecule has 0 spiro atoms. The average Bonchev–Trinajstić information content (AvgIpc) is 2.61. The van der Waals surface area contributed by atoms with Crippen molar-refractivity contribution >= 4 is 34.5 Å². The van der Waals surface area contributed by atoms with Crippen LogP contribution in [0.1, 0.15) is 22.3 Å². The van der Waals surface area contributed by atoms with Gasteiger partial charge in [0.25, 0.3) is 0 Å². The van der Waals surface area contributed by atoms with Crippen molar-refractivity contribution in [3.63, 3.8) is 0 Å². The Kier molecular flexibility index (Phi) is 7.37. The Balaban J connectivity index is 2.23. The fraction of sp³-hybridized carbons (Fsp3) is 0.263. The number of nitrogens with one attached hydrogen (secondary N) is 1. The quantitative estimate of drug-likeness (QED) is 0.410. The summed E-state index contributed by atoms with van der Waals surface area (Å²) in [4.78, 5) is 23.6. The van der Waals surface area contributed by atoms with Crippen LogP contribution >= 0.6 is 22.6 Å². The molecule has 0 bridgehead atoms. The molecule has 2 aromatic carbocycles. The molecule has 11 heteroatoms. The maximum absolute atomic E-state index is 12.9. The van der Waals surface area contributed by atoms with Gasteiger partial charge in [-0.25, -0.2) is 4.79 Å². The number of hydrogen-bond donors (Lipinski definition) is 2. The second kappa shape index (κ2) is 9.23. The van der Waals surface area contributed by atoms with Crippen LogP contribution in [0.3, 0.4) is 0 Å². The van der Waals surface area contributed by atoms with E-state index < -0.39 is 53.4 Å². The van der Waals surface area contributed by atoms with Crippen LogP contribution in [0.25, 0.3) is 0 Å². The molecule has 1 atom stereocenters. The van der Waals surface area contributed by atoms with E-state index in [1.807, 2.05) is 22.6 Å². The zero-order valence-electron chi connectivity index (χ0n) is 14.9. The van der Waals surface area contributed by atoms with Crippen molar-refractivity contribution in [2.24, 2.45) is 0 Å². The van der Waals surface area contributed by atoms with Crippen LogP contribution in [0.5, 0.6) is 0 Å². The molecule has 0 aromatic heterocycles. The van der Waals surface area contributed by atoms with Crippen LogP contribution in [0.2, 0.25) is 0 Å². The summed E-state index contributed by atoms with van der Waals surface area (Å²) in [5.74, 6) is -2.40. The molecule has 2 aromatic rings. The zero-order valence-corrected chi connectivity index (χ0v) is 17.1. The number of aliphatic carboxylic acids is 1. The van der Waals surface area contributed by atoms with Gasteiger partial charge >= 0.3 is 18.3 Å². The highest BCUT2D eigenvalue weighted by molar-refractivity contribution is 14.1. The number of benzene rings is 2. The van der Waals surface area contributed by atoms with E-state index in [1.165, 1.54) is 0 Å². The lowest BCUT2D eigenvalue weighted by Gasteiger charge is -2.17. The van der Waals surface area contributed by atoms with Crippen LogP contribution in [-0.2, 0) is 34.8 Å². The first-order valence-electron chi connectivity index (χ1n) is 8.31. The molecular weight excluding hydrogens is 531 g/mol. The van der Waals surface area contributed by atoms with E-state index in [0.717, 1.165) is 3.57 Å². The van der Waals surface area contributed by atoms with E-state index in [-0.39, 0.29) is 12.5 Å². The summed E-state index contributed by atoms with van der Waals surface area (Å²) < 4.78 is 78.3. The Labute approximate surface area is 180 Å². The highest BCUT2D eigenvalue weighted by Crippen LogP contribution is 2.36. The molecule has 0 saturated carbocycles. The Hall–Kier alpha value is -2.31. The summed E-state index contributed by atoms with van der Waals surface area (Å²) in [6, 6.07) is 6.19. The van der Waals surface area contributed by atoms with Gasteiger partial charge in [0.15, 0.2) is 0 Å². The smallest absolute Gasteiger partial charge is 0.416 e. The maximum Gasteiger partial charge on any atom is 0.416 e. The van der Waals surface area contributed by atoms with Crippen LogP contribution in [0.15, 0.2) is 42.5 Å². The number of hydrogen-bond acceptors (Lipinski definition) is 2. The van der Waals surface area contributed by atoms with Gasteiger partial charge in [-0.2, -0.15) is 26.3 Å². The van der Waals surface area contributed by atoms with Crippen molar-refractivity contribution < 1.29 is 41.0 Å². The summed E-state index contributed by atoms with van der Waals surface area (Å²) in [6.45, 7) is 0. The average molecular weight is 545 g/mol. The summed E-state index contributed by atoms with van der Waals surface area (Å²) in [7, 11) is 0. The first-order chi connectivity index (χ1) is 13.8. The van der Waals surface area contributed by atoms with Gasteiger partial charge < -0.3 is 10.4 Å². The molecule has 0 saturated heterocycles. The van der Waals surface area contributed by atoms with Crippen LogP contribution in [0.4, 0.5) is 26.3 Å². The van der Waals surface area contributed by atoms with E-state index >= 15 is 0 Å². The van der Waals surface area contributed by atoms with E-state index in [2.05, 4.69) is 5.32 Å². The standard InChI is InChI=1S/C19H14F6INO3/c20-18(21,22)12-5-10(6-13(9-12)19(23,24)25)7-16(28)27-15(17(29)30)8-11-3-1-2-4-14(11)26/h1-6,9,15H,7-8H2,(H,27,28)(H,29,30)/t15-/m0/s1. The van der Waals surface area contributed by atoms with E-state index in [9.17, 15) is 41.0 Å². The molecule has 0 aliphatic carbocycles. The number of alkyl halides is 6. The van der Waals surface area contributed by atoms with E-state index in [0.29, 0.717) is 17.7 Å². The Morgan fingerprint density at radius 3 is 1.97 bits per heavy atom. The van der Waals surface area contributed by atoms with Gasteiger partial charge in [0.1, 0.15) is 6.04 Å². The lowest BCUT2D eigenvalue weighted by atomic mass is 10.0. The third-order valence-electron chi connectivity index (χ3n) is 4.03. The SMILES string of the molecule is O=C(Cc1cc(C(F)(F)F)cc(C(F)(F)F)c1)N[C@@H](Cc1ccccc1I)C(=O)O. The van der Waals surface area contributed by atoms with Crippen LogP contribution < -0.4 is 5.32 Å². The molecular formula is C19H14F6INO3. The molecule has 1 amide bonds. The van der Waals surface area contributed by atoms with Gasteiger partial charge in [0, 0.05) is 9.99 Å². The number of carbonyl (C=O) groups excluding carboxylic acids is 1. The first kappa shape index (κ1) is 24.0. The van der Waals surface area contributed by atoms with Crippen molar-refractivity contribution in [1.82, 2.24) is 5.32 Å². The van der Waals surface area contributed by atoms with E-state index in [4.69, 9.17) is 0 Å². The third kappa shape index (κ3) is 6.61. The van der Waals surface area contributed by atoms with Crippen LogP contribution in [-0.4, -0.2) is 23.0 Å². The van der Waals surface area contributed by atoms with Gasteiger partial charge in [-0.05, 0) is 58.0 Å². The molecule has 0 fully saturated rings. The molecule has 2 N–H and O–H groups in total. The Bertz CT molecular complexity index is 910. The summed E-state index contributed by atoms with van der Waals surface area (Å²) in [5, 5.41) is 11.5. The first-order valence-corrected chi connectivity index (χ1v) is 9.39. The molecule has 162 valence electrons. The predicted octanol–water partition coefficient (Wildman–Crippen LogP) is 4.68. The van der Waals surface area contributed by atoms with Gasteiger partial charge in [-0.15, -0.1) is 0 Å². The van der Waals surface area contributed by atoms with Crippen molar-refractivity contribution in [2.45, 2.75) is 31.2 Å². The minimum atomic E-state index is -5.04. The Morgan fingerprint density at radius 1 is 0.967 bits per heavy atom. The second-order valence-corrected chi connectivity index (χ2v) is 7.51. The summed E-state index contributed by atoms with van der Waals surface area (Å²) in [5.41, 5.74) is -3.01. The zero-order chi connectivity index (χ0) is 22.7. The van der Waals surface area contributed by atoms with Crippen molar-refractivity contribution in [1.29, 1.82) is 0 Å². The number of rotatable bonds is 6. The summed E-state index contributed by atoms with van der Waals surface area (Å²) >= 11 is 1.97. The number of carbonyl (C=O) groups is 2. The largest absolute Gasteiger partial charge is 0.480 e. The van der Waals surface area contributed by atoms with Gasteiger partial charge in [-0.3, -0.25) is 4.79 Å². The van der Waals surface area contributed by atoms with Crippen molar-refractivity contribution in [3.05, 3.63) is 68.3 Å². The number of amides is 1. The summed E-state index contributed by atoms with van der Waals surface area (Å²) in [6.07, 6.45) is -11.0. The Morgan fingerprint density at radius 2 is 1.50 bits per heavy atom. The predicted molar refractivity (Wildman–Crippen MR) is 103 cm³/mol. The molecule has 0 aliphatic rings. The normalized spacial score (nSPS) is 13.0. The van der Waals surface area contributed by atoms with E-state index in [1.54, 1.807) is 24.3 Å². The fourth-order valence-corrected chi connectivity index (χ4v) is 3.24. The number of halogens is 7. The minimum absolute atomic E-state index is 0.0429. The third-order valence-corrected chi connectivity index (χ3v) is 5.08. The number of carboxylic acid groups (broad SMARTS) is 1. The van der Waals surface area contributed by atoms with Crippen molar-refractivity contribution in [3.8, 4) is 0 Å². The minimum Gasteiger partial charge on any atom is -0.480 e. The fourth-order valence-electron chi connectivity index (χ4n) is 2.64. The maximum atomic E-state index is 12.9. The highest BCUT2D eigenvalue weighted by Gasteiger charge is 2.37.